The summed E-state index contributed by atoms with van der Waals surface area (Å²) in [7, 11) is 0. The summed E-state index contributed by atoms with van der Waals surface area (Å²) < 4.78 is 5.18. The van der Waals surface area contributed by atoms with E-state index in [2.05, 4.69) is 17.9 Å². The number of amides is 1. The molecule has 2 aromatic rings. The van der Waals surface area contributed by atoms with Gasteiger partial charge < -0.3 is 9.73 Å². The summed E-state index contributed by atoms with van der Waals surface area (Å²) in [6, 6.07) is 10.9. The number of nitrogens with one attached hydrogen (secondary N) is 1. The molecule has 4 heteroatoms. The van der Waals surface area contributed by atoms with Crippen molar-refractivity contribution in [3.63, 3.8) is 0 Å². The molecule has 0 atom stereocenters. The molecule has 0 fully saturated rings. The average molecular weight is 247 g/mol. The summed E-state index contributed by atoms with van der Waals surface area (Å²) in [5.41, 5.74) is 0.593. The molecule has 88 valence electrons. The maximum atomic E-state index is 11.8. The third-order valence-corrected chi connectivity index (χ3v) is 2.78. The number of carbonyl (C=O) groups is 1. The summed E-state index contributed by atoms with van der Waals surface area (Å²) in [5, 5.41) is 2.83. The van der Waals surface area contributed by atoms with E-state index in [0.717, 1.165) is 5.76 Å². The molecule has 0 saturated heterocycles. The molecule has 0 unspecified atom stereocenters. The minimum absolute atomic E-state index is 0.109. The van der Waals surface area contributed by atoms with Crippen LogP contribution in [-0.2, 0) is 6.42 Å². The van der Waals surface area contributed by atoms with E-state index in [1.54, 1.807) is 18.4 Å². The fourth-order valence-corrected chi connectivity index (χ4v) is 1.78. The van der Waals surface area contributed by atoms with Crippen molar-refractivity contribution in [1.82, 2.24) is 5.32 Å². The van der Waals surface area contributed by atoms with Gasteiger partial charge in [0.15, 0.2) is 0 Å². The lowest BCUT2D eigenvalue weighted by Gasteiger charge is -2.05. The van der Waals surface area contributed by atoms with Crippen LogP contribution in [0.4, 0.5) is 0 Å². The molecule has 0 saturated carbocycles. The second-order valence-electron chi connectivity index (χ2n) is 3.60. The Morgan fingerprint density at radius 3 is 2.76 bits per heavy atom. The van der Waals surface area contributed by atoms with Gasteiger partial charge in [-0.3, -0.25) is 4.79 Å². The second-order valence-corrected chi connectivity index (χ2v) is 4.08. The topological polar surface area (TPSA) is 42.2 Å². The van der Waals surface area contributed by atoms with Gasteiger partial charge in [-0.05, 0) is 24.3 Å². The zero-order chi connectivity index (χ0) is 12.1. The lowest BCUT2D eigenvalue weighted by molar-refractivity contribution is 0.0951. The van der Waals surface area contributed by atoms with Crippen LogP contribution in [0.5, 0.6) is 0 Å². The van der Waals surface area contributed by atoms with Gasteiger partial charge in [0.2, 0.25) is 0 Å². The molecule has 1 aromatic carbocycles. The summed E-state index contributed by atoms with van der Waals surface area (Å²) in [6.07, 6.45) is 2.31. The first-order valence-corrected chi connectivity index (χ1v) is 5.80. The van der Waals surface area contributed by atoms with Crippen molar-refractivity contribution in [3.05, 3.63) is 54.0 Å². The molecule has 17 heavy (non-hydrogen) atoms. The molecule has 2 rings (SSSR count). The highest BCUT2D eigenvalue weighted by molar-refractivity contribution is 7.80. The van der Waals surface area contributed by atoms with Crippen LogP contribution in [0.3, 0.4) is 0 Å². The molecular weight excluding hydrogens is 234 g/mol. The second kappa shape index (κ2) is 5.59. The SMILES string of the molecule is O=C(NCCc1ccco1)c1ccccc1S. The van der Waals surface area contributed by atoms with Crippen LogP contribution < -0.4 is 5.32 Å². The Morgan fingerprint density at radius 2 is 2.06 bits per heavy atom. The maximum Gasteiger partial charge on any atom is 0.252 e. The number of hydrogen-bond acceptors (Lipinski definition) is 3. The first-order valence-electron chi connectivity index (χ1n) is 5.36. The number of carbonyl (C=O) groups excluding carboxylic acids is 1. The molecule has 1 amide bonds. The van der Waals surface area contributed by atoms with E-state index < -0.39 is 0 Å². The summed E-state index contributed by atoms with van der Waals surface area (Å²) >= 11 is 4.24. The molecule has 0 spiro atoms. The average Bonchev–Trinajstić information content (AvgIpc) is 2.82. The van der Waals surface area contributed by atoms with E-state index in [9.17, 15) is 4.79 Å². The normalized spacial score (nSPS) is 10.2. The van der Waals surface area contributed by atoms with Crippen molar-refractivity contribution in [2.45, 2.75) is 11.3 Å². The van der Waals surface area contributed by atoms with Gasteiger partial charge in [0.1, 0.15) is 5.76 Å². The molecule has 0 radical (unpaired) electrons. The molecule has 0 aliphatic carbocycles. The number of furan rings is 1. The number of thiol groups is 1. The standard InChI is InChI=1S/C13H13NO2S/c15-13(11-5-1-2-6-12(11)17)14-8-7-10-4-3-9-16-10/h1-6,9,17H,7-8H2,(H,14,15). The zero-order valence-electron chi connectivity index (χ0n) is 9.22. The lowest BCUT2D eigenvalue weighted by atomic mass is 10.2. The summed E-state index contributed by atoms with van der Waals surface area (Å²) in [6.45, 7) is 0.550. The Hall–Kier alpha value is -1.68. The zero-order valence-corrected chi connectivity index (χ0v) is 10.1. The van der Waals surface area contributed by atoms with Gasteiger partial charge in [0, 0.05) is 17.9 Å². The quantitative estimate of drug-likeness (QED) is 0.815. The van der Waals surface area contributed by atoms with E-state index in [-0.39, 0.29) is 5.91 Å². The van der Waals surface area contributed by atoms with Crippen LogP contribution in [0.2, 0.25) is 0 Å². The number of benzene rings is 1. The van der Waals surface area contributed by atoms with Crippen LogP contribution in [0.15, 0.2) is 52.0 Å². The Labute approximate surface area is 105 Å². The first kappa shape index (κ1) is 11.8. The Morgan fingerprint density at radius 1 is 1.24 bits per heavy atom. The van der Waals surface area contributed by atoms with Gasteiger partial charge in [-0.2, -0.15) is 0 Å². The van der Waals surface area contributed by atoms with Gasteiger partial charge in [0.05, 0.1) is 11.8 Å². The molecule has 1 N–H and O–H groups in total. The minimum Gasteiger partial charge on any atom is -0.469 e. The van der Waals surface area contributed by atoms with Gasteiger partial charge in [0.25, 0.3) is 5.91 Å². The fourth-order valence-electron chi connectivity index (χ4n) is 1.51. The predicted molar refractivity (Wildman–Crippen MR) is 68.4 cm³/mol. The molecule has 0 bridgehead atoms. The Bertz CT molecular complexity index is 494. The third kappa shape index (κ3) is 3.14. The molecule has 0 aliphatic heterocycles. The highest BCUT2D eigenvalue weighted by Gasteiger charge is 2.07. The highest BCUT2D eigenvalue weighted by atomic mass is 32.1. The summed E-state index contributed by atoms with van der Waals surface area (Å²) in [5.74, 6) is 0.756. The lowest BCUT2D eigenvalue weighted by Crippen LogP contribution is -2.25. The van der Waals surface area contributed by atoms with Gasteiger partial charge in [-0.25, -0.2) is 0 Å². The van der Waals surface area contributed by atoms with Gasteiger partial charge in [-0.1, -0.05) is 12.1 Å². The largest absolute Gasteiger partial charge is 0.469 e. The van der Waals surface area contributed by atoms with Gasteiger partial charge in [-0.15, -0.1) is 12.6 Å². The van der Waals surface area contributed by atoms with Crippen molar-refractivity contribution in [1.29, 1.82) is 0 Å². The van der Waals surface area contributed by atoms with Crippen LogP contribution in [-0.4, -0.2) is 12.5 Å². The predicted octanol–water partition coefficient (Wildman–Crippen LogP) is 2.54. The van der Waals surface area contributed by atoms with Crippen LogP contribution in [0.25, 0.3) is 0 Å². The molecule has 1 heterocycles. The van der Waals surface area contributed by atoms with Crippen molar-refractivity contribution >= 4 is 18.5 Å². The monoisotopic (exact) mass is 247 g/mol. The van der Waals surface area contributed by atoms with Crippen molar-refractivity contribution in [2.24, 2.45) is 0 Å². The van der Waals surface area contributed by atoms with Crippen LogP contribution in [0, 0.1) is 0 Å². The molecule has 0 aliphatic rings. The van der Waals surface area contributed by atoms with Gasteiger partial charge >= 0.3 is 0 Å². The van der Waals surface area contributed by atoms with Crippen molar-refractivity contribution in [3.8, 4) is 0 Å². The Balaban J connectivity index is 1.88. The highest BCUT2D eigenvalue weighted by Crippen LogP contribution is 2.12. The van der Waals surface area contributed by atoms with E-state index in [1.165, 1.54) is 0 Å². The smallest absolute Gasteiger partial charge is 0.252 e. The Kier molecular flexibility index (Phi) is 3.88. The van der Waals surface area contributed by atoms with E-state index in [4.69, 9.17) is 4.42 Å². The number of hydrogen-bond donors (Lipinski definition) is 2. The van der Waals surface area contributed by atoms with Crippen LogP contribution >= 0.6 is 12.6 Å². The third-order valence-electron chi connectivity index (χ3n) is 2.39. The van der Waals surface area contributed by atoms with Crippen LogP contribution in [0.1, 0.15) is 16.1 Å². The molecular formula is C13H13NO2S. The molecule has 3 nitrogen and oxygen atoms in total. The first-order chi connectivity index (χ1) is 8.27. The van der Waals surface area contributed by atoms with E-state index in [1.807, 2.05) is 24.3 Å². The van der Waals surface area contributed by atoms with E-state index in [0.29, 0.717) is 23.4 Å². The van der Waals surface area contributed by atoms with Crippen molar-refractivity contribution < 1.29 is 9.21 Å². The fraction of sp³-hybridized carbons (Fsp3) is 0.154. The van der Waals surface area contributed by atoms with Crippen molar-refractivity contribution in [2.75, 3.05) is 6.54 Å². The van der Waals surface area contributed by atoms with E-state index >= 15 is 0 Å². The maximum absolute atomic E-state index is 11.8. The summed E-state index contributed by atoms with van der Waals surface area (Å²) in [4.78, 5) is 12.5. The molecule has 1 aromatic heterocycles. The minimum atomic E-state index is -0.109. The number of rotatable bonds is 4.